The molecule has 0 bridgehead atoms. The van der Waals surface area contributed by atoms with Gasteiger partial charge in [-0.3, -0.25) is 14.4 Å². The SMILES string of the molecule is COC(=O)[C@@H](CC(=O)OC(C)(C)C)NC(=O)[C@@H](Cc1ccccc1F)NC(C)=O. The van der Waals surface area contributed by atoms with Gasteiger partial charge in [-0.05, 0) is 32.4 Å². The van der Waals surface area contributed by atoms with Gasteiger partial charge >= 0.3 is 11.9 Å². The lowest BCUT2D eigenvalue weighted by Gasteiger charge is -2.24. The number of benzene rings is 1. The van der Waals surface area contributed by atoms with E-state index >= 15 is 0 Å². The Morgan fingerprint density at radius 1 is 1.07 bits per heavy atom. The van der Waals surface area contributed by atoms with E-state index in [0.717, 1.165) is 7.11 Å². The van der Waals surface area contributed by atoms with E-state index in [0.29, 0.717) is 0 Å². The van der Waals surface area contributed by atoms with Crippen molar-refractivity contribution in [3.63, 3.8) is 0 Å². The largest absolute Gasteiger partial charge is 0.467 e. The first-order valence-electron chi connectivity index (χ1n) is 9.03. The number of ether oxygens (including phenoxy) is 2. The molecule has 0 heterocycles. The number of hydrogen-bond acceptors (Lipinski definition) is 6. The number of carbonyl (C=O) groups is 4. The van der Waals surface area contributed by atoms with E-state index in [1.54, 1.807) is 26.8 Å². The molecule has 0 saturated heterocycles. The van der Waals surface area contributed by atoms with Gasteiger partial charge in [0.15, 0.2) is 0 Å². The Kier molecular flexibility index (Phi) is 8.75. The summed E-state index contributed by atoms with van der Waals surface area (Å²) in [6, 6.07) is 3.34. The van der Waals surface area contributed by atoms with E-state index in [-0.39, 0.29) is 12.0 Å². The molecule has 0 radical (unpaired) electrons. The van der Waals surface area contributed by atoms with Gasteiger partial charge in [-0.1, -0.05) is 18.2 Å². The van der Waals surface area contributed by atoms with E-state index < -0.39 is 53.7 Å². The minimum atomic E-state index is -1.32. The molecule has 8 nitrogen and oxygen atoms in total. The zero-order valence-corrected chi connectivity index (χ0v) is 17.2. The predicted molar refractivity (Wildman–Crippen MR) is 102 cm³/mol. The molecule has 0 aliphatic heterocycles. The van der Waals surface area contributed by atoms with E-state index in [9.17, 15) is 23.6 Å². The molecule has 0 fully saturated rings. The number of hydrogen-bond donors (Lipinski definition) is 2. The third-order valence-corrected chi connectivity index (χ3v) is 3.67. The number of amides is 2. The molecule has 0 spiro atoms. The number of rotatable bonds is 8. The van der Waals surface area contributed by atoms with Gasteiger partial charge in [0.2, 0.25) is 11.8 Å². The first-order valence-corrected chi connectivity index (χ1v) is 9.03. The van der Waals surface area contributed by atoms with Crippen LogP contribution in [0.5, 0.6) is 0 Å². The second-order valence-corrected chi connectivity index (χ2v) is 7.42. The fourth-order valence-electron chi connectivity index (χ4n) is 2.50. The van der Waals surface area contributed by atoms with Crippen molar-refractivity contribution in [2.45, 2.75) is 58.2 Å². The minimum absolute atomic E-state index is 0.140. The van der Waals surface area contributed by atoms with E-state index in [2.05, 4.69) is 15.4 Å². The maximum Gasteiger partial charge on any atom is 0.328 e. The van der Waals surface area contributed by atoms with Crippen molar-refractivity contribution >= 4 is 23.8 Å². The van der Waals surface area contributed by atoms with Crippen LogP contribution < -0.4 is 10.6 Å². The summed E-state index contributed by atoms with van der Waals surface area (Å²) >= 11 is 0. The van der Waals surface area contributed by atoms with Gasteiger partial charge < -0.3 is 20.1 Å². The summed E-state index contributed by atoms with van der Waals surface area (Å²) < 4.78 is 23.7. The van der Waals surface area contributed by atoms with Crippen LogP contribution in [-0.4, -0.2) is 48.5 Å². The third kappa shape index (κ3) is 8.71. The number of carbonyl (C=O) groups excluding carboxylic acids is 4. The molecular weight excluding hydrogens is 383 g/mol. The van der Waals surface area contributed by atoms with Gasteiger partial charge in [0, 0.05) is 13.3 Å². The van der Waals surface area contributed by atoms with Gasteiger partial charge in [0.05, 0.1) is 13.5 Å². The quantitative estimate of drug-likeness (QED) is 0.625. The first kappa shape index (κ1) is 24.1. The number of methoxy groups -OCH3 is 1. The van der Waals surface area contributed by atoms with Crippen LogP contribution in [0, 0.1) is 5.82 Å². The summed E-state index contributed by atoms with van der Waals surface area (Å²) in [5, 5.41) is 4.80. The Bertz CT molecular complexity index is 760. The second-order valence-electron chi connectivity index (χ2n) is 7.42. The molecule has 1 aromatic rings. The Morgan fingerprint density at radius 2 is 1.69 bits per heavy atom. The predicted octanol–water partition coefficient (Wildman–Crippen LogP) is 1.26. The van der Waals surface area contributed by atoms with Crippen LogP contribution >= 0.6 is 0 Å². The fraction of sp³-hybridized carbons (Fsp3) is 0.500. The van der Waals surface area contributed by atoms with E-state index in [1.807, 2.05) is 0 Å². The standard InChI is InChI=1S/C20H27FN2O6/c1-12(24)22-15(10-13-8-6-7-9-14(13)21)18(26)23-16(19(27)28-5)11-17(25)29-20(2,3)4/h6-9,15-16H,10-11H2,1-5H3,(H,22,24)(H,23,26)/t15-,16-/m1/s1. The average Bonchev–Trinajstić information content (AvgIpc) is 2.59. The lowest BCUT2D eigenvalue weighted by Crippen LogP contribution is -2.53. The summed E-state index contributed by atoms with van der Waals surface area (Å²) in [5.74, 6) is -3.37. The Morgan fingerprint density at radius 3 is 2.21 bits per heavy atom. The molecule has 0 aliphatic rings. The Hall–Kier alpha value is -2.97. The van der Waals surface area contributed by atoms with Gasteiger partial charge in [-0.2, -0.15) is 0 Å². The van der Waals surface area contributed by atoms with Gasteiger partial charge in [-0.15, -0.1) is 0 Å². The van der Waals surface area contributed by atoms with Crippen molar-refractivity contribution < 1.29 is 33.0 Å². The van der Waals surface area contributed by atoms with Gasteiger partial charge in [-0.25, -0.2) is 9.18 Å². The van der Waals surface area contributed by atoms with E-state index in [4.69, 9.17) is 4.74 Å². The molecule has 2 amide bonds. The van der Waals surface area contributed by atoms with Crippen LogP contribution in [0.2, 0.25) is 0 Å². The number of nitrogens with one attached hydrogen (secondary N) is 2. The second kappa shape index (κ2) is 10.5. The van der Waals surface area contributed by atoms with Crippen LogP contribution in [0.1, 0.15) is 39.7 Å². The minimum Gasteiger partial charge on any atom is -0.467 e. The zero-order valence-electron chi connectivity index (χ0n) is 17.2. The van der Waals surface area contributed by atoms with Gasteiger partial charge in [0.1, 0.15) is 23.5 Å². The molecular formula is C20H27FN2O6. The summed E-state index contributed by atoms with van der Waals surface area (Å²) in [5.41, 5.74) is -0.561. The molecule has 1 rings (SSSR count). The lowest BCUT2D eigenvalue weighted by atomic mass is 10.0. The highest BCUT2D eigenvalue weighted by Crippen LogP contribution is 2.12. The van der Waals surface area contributed by atoms with Crippen LogP contribution in [-0.2, 0) is 35.1 Å². The molecule has 0 saturated carbocycles. The molecule has 2 N–H and O–H groups in total. The number of esters is 2. The molecule has 0 aromatic heterocycles. The molecule has 160 valence electrons. The highest BCUT2D eigenvalue weighted by molar-refractivity contribution is 5.92. The fourth-order valence-corrected chi connectivity index (χ4v) is 2.50. The molecule has 0 unspecified atom stereocenters. The number of halogens is 1. The van der Waals surface area contributed by atoms with Crippen molar-refractivity contribution in [2.75, 3.05) is 7.11 Å². The summed E-state index contributed by atoms with van der Waals surface area (Å²) in [6.45, 7) is 6.20. The average molecular weight is 410 g/mol. The monoisotopic (exact) mass is 410 g/mol. The van der Waals surface area contributed by atoms with Crippen LogP contribution in [0.3, 0.4) is 0 Å². The van der Waals surface area contributed by atoms with Gasteiger partial charge in [0.25, 0.3) is 0 Å². The third-order valence-electron chi connectivity index (χ3n) is 3.67. The summed E-state index contributed by atoms with van der Waals surface area (Å²) in [6.07, 6.45) is -0.597. The maximum absolute atomic E-state index is 13.9. The molecule has 2 atom stereocenters. The van der Waals surface area contributed by atoms with Crippen molar-refractivity contribution in [3.8, 4) is 0 Å². The maximum atomic E-state index is 13.9. The highest BCUT2D eigenvalue weighted by atomic mass is 19.1. The van der Waals surface area contributed by atoms with E-state index in [1.165, 1.54) is 25.1 Å². The zero-order chi connectivity index (χ0) is 22.2. The normalized spacial score (nSPS) is 13.0. The van der Waals surface area contributed by atoms with Crippen molar-refractivity contribution in [3.05, 3.63) is 35.6 Å². The van der Waals surface area contributed by atoms with Crippen molar-refractivity contribution in [1.82, 2.24) is 10.6 Å². The van der Waals surface area contributed by atoms with Crippen molar-refractivity contribution in [1.29, 1.82) is 0 Å². The Labute approximate surface area is 169 Å². The molecule has 0 aliphatic carbocycles. The first-order chi connectivity index (χ1) is 13.4. The van der Waals surface area contributed by atoms with Crippen LogP contribution in [0.4, 0.5) is 4.39 Å². The Balaban J connectivity index is 2.96. The molecule has 1 aromatic carbocycles. The van der Waals surface area contributed by atoms with Crippen LogP contribution in [0.15, 0.2) is 24.3 Å². The van der Waals surface area contributed by atoms with Crippen molar-refractivity contribution in [2.24, 2.45) is 0 Å². The topological polar surface area (TPSA) is 111 Å². The molecule has 9 heteroatoms. The van der Waals surface area contributed by atoms with Crippen LogP contribution in [0.25, 0.3) is 0 Å². The summed E-state index contributed by atoms with van der Waals surface area (Å²) in [7, 11) is 1.11. The lowest BCUT2D eigenvalue weighted by molar-refractivity contribution is -0.159. The smallest absolute Gasteiger partial charge is 0.328 e. The highest BCUT2D eigenvalue weighted by Gasteiger charge is 2.30. The summed E-state index contributed by atoms with van der Waals surface area (Å²) in [4.78, 5) is 48.2. The molecule has 29 heavy (non-hydrogen) atoms.